The average molecular weight is 412 g/mol. The van der Waals surface area contributed by atoms with E-state index >= 15 is 0 Å². The first-order chi connectivity index (χ1) is 9.26. The molecule has 0 aromatic heterocycles. The molecule has 0 unspecified atom stereocenters. The van der Waals surface area contributed by atoms with Crippen LogP contribution < -0.4 is 24.8 Å². The summed E-state index contributed by atoms with van der Waals surface area (Å²) in [4.78, 5) is 0. The predicted molar refractivity (Wildman–Crippen MR) is 82.2 cm³/mol. The van der Waals surface area contributed by atoms with Crippen molar-refractivity contribution in [1.29, 1.82) is 0 Å². The molecule has 22 heavy (non-hydrogen) atoms. The fourth-order valence-corrected chi connectivity index (χ4v) is 2.25. The molecule has 0 radical (unpaired) electrons. The molecule has 0 aliphatic heterocycles. The number of hydrogen-bond acceptors (Lipinski definition) is 1. The maximum atomic E-state index is 7.46. The van der Waals surface area contributed by atoms with Crippen molar-refractivity contribution < 1.29 is 56.1 Å². The summed E-state index contributed by atoms with van der Waals surface area (Å²) in [6, 6.07) is 21.6. The largest absolute Gasteiger partial charge is 4.00 e. The third kappa shape index (κ3) is 5.93. The Morgan fingerprint density at radius 2 is 1.59 bits per heavy atom. The van der Waals surface area contributed by atoms with E-state index in [0.29, 0.717) is 0 Å². The molecule has 4 heteroatoms. The summed E-state index contributed by atoms with van der Waals surface area (Å²) >= 11 is 0. The van der Waals surface area contributed by atoms with Crippen molar-refractivity contribution in [3.8, 4) is 11.1 Å². The number of aliphatic hydroxyl groups is 1. The summed E-state index contributed by atoms with van der Waals surface area (Å²) in [7, 11) is 0. The van der Waals surface area contributed by atoms with Gasteiger partial charge in [-0.1, -0.05) is 55.5 Å². The van der Waals surface area contributed by atoms with Gasteiger partial charge in [0, 0.05) is 0 Å². The first-order valence-electron chi connectivity index (χ1n) is 6.38. The average Bonchev–Trinajstić information content (AvgIpc) is 2.80. The van der Waals surface area contributed by atoms with Crippen LogP contribution in [-0.4, -0.2) is 11.7 Å². The van der Waals surface area contributed by atoms with Gasteiger partial charge < -0.3 is 36.8 Å². The quantitative estimate of drug-likeness (QED) is 0.475. The van der Waals surface area contributed by atoms with Gasteiger partial charge >= 0.3 is 26.2 Å². The van der Waals surface area contributed by atoms with Crippen LogP contribution in [0.2, 0.25) is 0 Å². The van der Waals surface area contributed by atoms with Gasteiger partial charge in [-0.2, -0.15) is 6.07 Å². The molecule has 0 aliphatic rings. The molecular formula is C18H18Cl2OZr. The molecule has 0 spiro atoms. The molecule has 3 aromatic carbocycles. The first kappa shape index (κ1) is 23.7. The van der Waals surface area contributed by atoms with Crippen LogP contribution in [0.4, 0.5) is 0 Å². The molecular weight excluding hydrogens is 394 g/mol. The van der Waals surface area contributed by atoms with E-state index in [1.807, 2.05) is 0 Å². The minimum Gasteiger partial charge on any atom is -1.00 e. The zero-order valence-electron chi connectivity index (χ0n) is 12.4. The summed E-state index contributed by atoms with van der Waals surface area (Å²) in [5.74, 6) is 0. The van der Waals surface area contributed by atoms with E-state index < -0.39 is 0 Å². The first-order valence-corrected chi connectivity index (χ1v) is 6.38. The van der Waals surface area contributed by atoms with E-state index in [0.717, 1.165) is 0 Å². The minimum atomic E-state index is 0. The van der Waals surface area contributed by atoms with Gasteiger partial charge in [-0.3, -0.25) is 0 Å². The normalized spacial score (nSPS) is 8.68. The van der Waals surface area contributed by atoms with E-state index in [1.54, 1.807) is 0 Å². The van der Waals surface area contributed by atoms with E-state index in [1.165, 1.54) is 27.5 Å². The number of aliphatic hydroxyl groups excluding tert-OH is 1. The van der Waals surface area contributed by atoms with Crippen LogP contribution in [0, 0.1) is 13.8 Å². The summed E-state index contributed by atoms with van der Waals surface area (Å²) in [6.07, 6.45) is 0. The molecule has 0 saturated carbocycles. The van der Waals surface area contributed by atoms with E-state index in [4.69, 9.17) is 5.11 Å². The van der Waals surface area contributed by atoms with Crippen LogP contribution in [-0.2, 0) is 26.2 Å². The standard InChI is InChI=1S/C16H13.C2H5O.2ClH.Zr/c1-12-10-14-8-5-9-15(16(14)11-12)13-6-3-2-4-7-13;1-2-3;;;/h2-11H,1H3;3H,1-2H2;2*1H;/q2*-1;;;+4/p-2. The predicted octanol–water partition coefficient (Wildman–Crippen LogP) is -1.65. The van der Waals surface area contributed by atoms with Crippen LogP contribution in [0.3, 0.4) is 0 Å². The Balaban J connectivity index is 0. The number of hydrogen-bond donors (Lipinski definition) is 1. The Hall–Kier alpha value is -0.527. The number of rotatable bonds is 1. The van der Waals surface area contributed by atoms with Crippen molar-refractivity contribution in [3.05, 3.63) is 73.2 Å². The zero-order chi connectivity index (χ0) is 13.7. The van der Waals surface area contributed by atoms with Crippen molar-refractivity contribution >= 4 is 10.8 Å². The molecule has 0 atom stereocenters. The number of benzene rings is 2. The minimum absolute atomic E-state index is 0. The second-order valence-corrected chi connectivity index (χ2v) is 4.43. The summed E-state index contributed by atoms with van der Waals surface area (Å²) in [5.41, 5.74) is 3.95. The third-order valence-electron chi connectivity index (χ3n) is 2.98. The molecule has 0 saturated heterocycles. The number of halogens is 2. The molecule has 3 aromatic rings. The van der Waals surface area contributed by atoms with Crippen LogP contribution in [0.1, 0.15) is 5.56 Å². The SMILES string of the molecule is Cc1cc2c(-c3ccccc3)cccc2[cH-]1.[CH2-]CO.[Cl-].[Cl-].[Zr+4]. The summed E-state index contributed by atoms with van der Waals surface area (Å²) < 4.78 is 0. The monoisotopic (exact) mass is 410 g/mol. The second-order valence-electron chi connectivity index (χ2n) is 4.43. The molecule has 1 N–H and O–H groups in total. The molecule has 0 bridgehead atoms. The van der Waals surface area contributed by atoms with Crippen LogP contribution in [0.25, 0.3) is 21.9 Å². The van der Waals surface area contributed by atoms with Gasteiger partial charge in [0.1, 0.15) is 0 Å². The fourth-order valence-electron chi connectivity index (χ4n) is 2.25. The van der Waals surface area contributed by atoms with Crippen LogP contribution in [0.15, 0.2) is 60.7 Å². The van der Waals surface area contributed by atoms with Gasteiger partial charge in [-0.25, -0.2) is 0 Å². The molecule has 0 heterocycles. The smallest absolute Gasteiger partial charge is 1.00 e. The molecule has 114 valence electrons. The van der Waals surface area contributed by atoms with Crippen molar-refractivity contribution in [2.75, 3.05) is 6.61 Å². The Kier molecular flexibility index (Phi) is 12.9. The van der Waals surface area contributed by atoms with Crippen molar-refractivity contribution in [3.63, 3.8) is 0 Å². The van der Waals surface area contributed by atoms with Gasteiger partial charge in [0.25, 0.3) is 0 Å². The topological polar surface area (TPSA) is 20.2 Å². The summed E-state index contributed by atoms with van der Waals surface area (Å²) in [5, 5.41) is 10.1. The van der Waals surface area contributed by atoms with E-state index in [2.05, 4.69) is 74.5 Å². The van der Waals surface area contributed by atoms with Gasteiger partial charge in [0.2, 0.25) is 0 Å². The maximum Gasteiger partial charge on any atom is 4.00 e. The van der Waals surface area contributed by atoms with Gasteiger partial charge in [0.05, 0.1) is 0 Å². The van der Waals surface area contributed by atoms with Gasteiger partial charge in [0.15, 0.2) is 0 Å². The van der Waals surface area contributed by atoms with Crippen molar-refractivity contribution in [2.45, 2.75) is 6.92 Å². The second kappa shape index (κ2) is 12.0. The number of aryl methyl sites for hydroxylation is 1. The fraction of sp³-hybridized carbons (Fsp3) is 0.111. The Morgan fingerprint density at radius 1 is 1.00 bits per heavy atom. The van der Waals surface area contributed by atoms with Crippen LogP contribution >= 0.6 is 0 Å². The van der Waals surface area contributed by atoms with Gasteiger partial charge in [-0.05, 0) is 5.56 Å². The number of fused-ring (bicyclic) bond motifs is 1. The Labute approximate surface area is 164 Å². The van der Waals surface area contributed by atoms with Gasteiger partial charge in [-0.15, -0.1) is 34.5 Å². The molecule has 1 nitrogen and oxygen atoms in total. The summed E-state index contributed by atoms with van der Waals surface area (Å²) in [6.45, 7) is 5.19. The maximum absolute atomic E-state index is 7.46. The Morgan fingerprint density at radius 3 is 2.18 bits per heavy atom. The molecule has 0 fully saturated rings. The molecule has 3 rings (SSSR count). The van der Waals surface area contributed by atoms with E-state index in [-0.39, 0.29) is 57.6 Å². The van der Waals surface area contributed by atoms with Crippen molar-refractivity contribution in [1.82, 2.24) is 0 Å². The zero-order valence-corrected chi connectivity index (χ0v) is 16.4. The van der Waals surface area contributed by atoms with Crippen molar-refractivity contribution in [2.24, 2.45) is 0 Å². The molecule has 0 amide bonds. The van der Waals surface area contributed by atoms with E-state index in [9.17, 15) is 0 Å². The third-order valence-corrected chi connectivity index (χ3v) is 2.98. The molecule has 0 aliphatic carbocycles. The Bertz CT molecular complexity index is 651. The van der Waals surface area contributed by atoms with Crippen LogP contribution in [0.5, 0.6) is 0 Å².